The van der Waals surface area contributed by atoms with Crippen LogP contribution in [-0.4, -0.2) is 11.5 Å². The number of nitrogens with one attached hydrogen (secondary N) is 2. The molecule has 1 aromatic carbocycles. The molecule has 5 heteroatoms. The van der Waals surface area contributed by atoms with Crippen molar-refractivity contribution in [1.29, 1.82) is 0 Å². The largest absolute Gasteiger partial charge is 0.370 e. The number of aromatic nitrogens is 1. The molecule has 0 unspecified atom stereocenters. The zero-order chi connectivity index (χ0) is 13.0. The van der Waals surface area contributed by atoms with Gasteiger partial charge in [-0.1, -0.05) is 17.7 Å². The minimum absolute atomic E-state index is 0.0860. The summed E-state index contributed by atoms with van der Waals surface area (Å²) in [5.74, 6) is 1.03. The van der Waals surface area contributed by atoms with E-state index in [4.69, 9.17) is 11.6 Å². The summed E-state index contributed by atoms with van der Waals surface area (Å²) in [6, 6.07) is 10.1. The van der Waals surface area contributed by atoms with Crippen molar-refractivity contribution in [3.05, 3.63) is 47.2 Å². The molecule has 0 fully saturated rings. The van der Waals surface area contributed by atoms with Crippen LogP contribution in [0.25, 0.3) is 0 Å². The smallest absolute Gasteiger partial charge is 0.141 e. The summed E-state index contributed by atoms with van der Waals surface area (Å²) in [7, 11) is 0. The van der Waals surface area contributed by atoms with E-state index in [2.05, 4.69) is 15.6 Å². The van der Waals surface area contributed by atoms with Crippen molar-refractivity contribution in [2.45, 2.75) is 6.92 Å². The number of halogens is 2. The van der Waals surface area contributed by atoms with Gasteiger partial charge in [0.25, 0.3) is 0 Å². The Kier molecular flexibility index (Phi) is 3.99. The van der Waals surface area contributed by atoms with Crippen LogP contribution in [0.3, 0.4) is 0 Å². The fourth-order valence-corrected chi connectivity index (χ4v) is 1.69. The van der Waals surface area contributed by atoms with Crippen LogP contribution >= 0.6 is 11.6 Å². The average Bonchev–Trinajstić information content (AvgIpc) is 2.35. The predicted octanol–water partition coefficient (Wildman–Crippen LogP) is 4.05. The minimum Gasteiger partial charge on any atom is -0.370 e. The molecule has 0 atom stereocenters. The van der Waals surface area contributed by atoms with Crippen LogP contribution in [-0.2, 0) is 0 Å². The quantitative estimate of drug-likeness (QED) is 0.876. The van der Waals surface area contributed by atoms with Gasteiger partial charge in [-0.25, -0.2) is 9.37 Å². The standard InChI is InChI=1S/C13H13ClFN3/c1-2-16-12-4-3-5-13(18-12)17-9-6-7-11(15)10(14)8-9/h3-8H,2H2,1H3,(H2,16,17,18). The molecule has 2 N–H and O–H groups in total. The SMILES string of the molecule is CCNc1cccc(Nc2ccc(F)c(Cl)c2)n1. The first kappa shape index (κ1) is 12.6. The molecular weight excluding hydrogens is 253 g/mol. The zero-order valence-electron chi connectivity index (χ0n) is 9.87. The Morgan fingerprint density at radius 3 is 2.72 bits per heavy atom. The van der Waals surface area contributed by atoms with Crippen molar-refractivity contribution >= 4 is 28.9 Å². The summed E-state index contributed by atoms with van der Waals surface area (Å²) in [6.07, 6.45) is 0. The molecule has 1 heterocycles. The third-order valence-corrected chi connectivity index (χ3v) is 2.59. The summed E-state index contributed by atoms with van der Waals surface area (Å²) in [5.41, 5.74) is 0.697. The molecule has 18 heavy (non-hydrogen) atoms. The number of pyridine rings is 1. The monoisotopic (exact) mass is 265 g/mol. The third kappa shape index (κ3) is 3.11. The number of nitrogens with zero attached hydrogens (tertiary/aromatic N) is 1. The lowest BCUT2D eigenvalue weighted by Crippen LogP contribution is -2.01. The second kappa shape index (κ2) is 5.69. The van der Waals surface area contributed by atoms with Gasteiger partial charge in [0.2, 0.25) is 0 Å². The molecule has 0 saturated carbocycles. The molecule has 0 aliphatic carbocycles. The van der Waals surface area contributed by atoms with Crippen molar-refractivity contribution in [1.82, 2.24) is 4.98 Å². The highest BCUT2D eigenvalue weighted by Crippen LogP contribution is 2.22. The second-order valence-electron chi connectivity index (χ2n) is 3.69. The number of hydrogen-bond donors (Lipinski definition) is 2. The third-order valence-electron chi connectivity index (χ3n) is 2.30. The maximum Gasteiger partial charge on any atom is 0.141 e. The maximum absolute atomic E-state index is 13.0. The summed E-state index contributed by atoms with van der Waals surface area (Å²) in [4.78, 5) is 4.35. The van der Waals surface area contributed by atoms with E-state index < -0.39 is 5.82 Å². The van der Waals surface area contributed by atoms with Gasteiger partial charge in [-0.2, -0.15) is 0 Å². The number of hydrogen-bond acceptors (Lipinski definition) is 3. The summed E-state index contributed by atoms with van der Waals surface area (Å²) in [5, 5.41) is 6.27. The molecule has 0 radical (unpaired) electrons. The van der Waals surface area contributed by atoms with E-state index in [1.165, 1.54) is 12.1 Å². The van der Waals surface area contributed by atoms with E-state index in [-0.39, 0.29) is 5.02 Å². The lowest BCUT2D eigenvalue weighted by atomic mass is 10.3. The van der Waals surface area contributed by atoms with Gasteiger partial charge in [0.05, 0.1) is 5.02 Å². The van der Waals surface area contributed by atoms with Gasteiger partial charge in [0.1, 0.15) is 17.5 Å². The van der Waals surface area contributed by atoms with Gasteiger partial charge >= 0.3 is 0 Å². The molecule has 0 aliphatic rings. The molecule has 0 aliphatic heterocycles. The number of benzene rings is 1. The molecule has 1 aromatic heterocycles. The molecule has 2 rings (SSSR count). The van der Waals surface area contributed by atoms with Gasteiger partial charge < -0.3 is 10.6 Å². The molecule has 0 bridgehead atoms. The highest BCUT2D eigenvalue weighted by Gasteiger charge is 2.02. The van der Waals surface area contributed by atoms with Gasteiger partial charge in [-0.3, -0.25) is 0 Å². The lowest BCUT2D eigenvalue weighted by molar-refractivity contribution is 0.628. The molecule has 2 aromatic rings. The van der Waals surface area contributed by atoms with Gasteiger partial charge in [0, 0.05) is 12.2 Å². The van der Waals surface area contributed by atoms with Crippen molar-refractivity contribution in [2.75, 3.05) is 17.2 Å². The van der Waals surface area contributed by atoms with Crippen molar-refractivity contribution in [2.24, 2.45) is 0 Å². The normalized spacial score (nSPS) is 10.2. The van der Waals surface area contributed by atoms with Gasteiger partial charge in [-0.15, -0.1) is 0 Å². The van der Waals surface area contributed by atoms with E-state index in [0.29, 0.717) is 11.5 Å². The van der Waals surface area contributed by atoms with Crippen LogP contribution in [0.4, 0.5) is 21.7 Å². The summed E-state index contributed by atoms with van der Waals surface area (Å²) in [6.45, 7) is 2.81. The average molecular weight is 266 g/mol. The first-order valence-corrected chi connectivity index (χ1v) is 6.00. The van der Waals surface area contributed by atoms with Crippen LogP contribution in [0.5, 0.6) is 0 Å². The van der Waals surface area contributed by atoms with E-state index in [1.807, 2.05) is 25.1 Å². The second-order valence-corrected chi connectivity index (χ2v) is 4.10. The molecule has 94 valence electrons. The Bertz CT molecular complexity index is 546. The Balaban J connectivity index is 2.17. The summed E-state index contributed by atoms with van der Waals surface area (Å²) < 4.78 is 13.0. The Labute approximate surface area is 110 Å². The predicted molar refractivity (Wildman–Crippen MR) is 73.1 cm³/mol. The minimum atomic E-state index is -0.434. The fraction of sp³-hybridized carbons (Fsp3) is 0.154. The van der Waals surface area contributed by atoms with Gasteiger partial charge in [-0.05, 0) is 37.3 Å². The van der Waals surface area contributed by atoms with Crippen molar-refractivity contribution < 1.29 is 4.39 Å². The highest BCUT2D eigenvalue weighted by atomic mass is 35.5. The lowest BCUT2D eigenvalue weighted by Gasteiger charge is -2.08. The first-order valence-electron chi connectivity index (χ1n) is 5.62. The van der Waals surface area contributed by atoms with E-state index in [9.17, 15) is 4.39 Å². The number of anilines is 3. The molecule has 0 amide bonds. The van der Waals surface area contributed by atoms with E-state index in [0.717, 1.165) is 12.4 Å². The molecule has 0 spiro atoms. The van der Waals surface area contributed by atoms with E-state index >= 15 is 0 Å². The van der Waals surface area contributed by atoms with Gasteiger partial charge in [0.15, 0.2) is 0 Å². The van der Waals surface area contributed by atoms with Crippen LogP contribution in [0.1, 0.15) is 6.92 Å². The first-order chi connectivity index (χ1) is 8.69. The Morgan fingerprint density at radius 1 is 1.22 bits per heavy atom. The molecular formula is C13H13ClFN3. The van der Waals surface area contributed by atoms with Crippen molar-refractivity contribution in [3.63, 3.8) is 0 Å². The Hall–Kier alpha value is -1.81. The van der Waals surface area contributed by atoms with Crippen LogP contribution in [0, 0.1) is 5.82 Å². The zero-order valence-corrected chi connectivity index (χ0v) is 10.6. The van der Waals surface area contributed by atoms with Crippen LogP contribution in [0.15, 0.2) is 36.4 Å². The topological polar surface area (TPSA) is 37.0 Å². The summed E-state index contributed by atoms with van der Waals surface area (Å²) >= 11 is 5.71. The number of rotatable bonds is 4. The van der Waals surface area contributed by atoms with Crippen molar-refractivity contribution in [3.8, 4) is 0 Å². The maximum atomic E-state index is 13.0. The Morgan fingerprint density at radius 2 is 2.00 bits per heavy atom. The van der Waals surface area contributed by atoms with Crippen LogP contribution in [0.2, 0.25) is 5.02 Å². The fourth-order valence-electron chi connectivity index (χ4n) is 1.51. The molecule has 0 saturated heterocycles. The highest BCUT2D eigenvalue weighted by molar-refractivity contribution is 6.31. The molecule has 3 nitrogen and oxygen atoms in total. The van der Waals surface area contributed by atoms with E-state index in [1.54, 1.807) is 6.07 Å². The van der Waals surface area contributed by atoms with Crippen LogP contribution < -0.4 is 10.6 Å².